The molecule has 1 aromatic rings. The number of aromatic nitrogens is 3. The quantitative estimate of drug-likeness (QED) is 0.814. The average Bonchev–Trinajstić information content (AvgIpc) is 2.72. The summed E-state index contributed by atoms with van der Waals surface area (Å²) >= 11 is 0. The number of aryl methyl sites for hydroxylation is 1. The number of rotatable bonds is 5. The van der Waals surface area contributed by atoms with E-state index >= 15 is 0 Å². The summed E-state index contributed by atoms with van der Waals surface area (Å²) in [5, 5.41) is 8.31. The minimum absolute atomic E-state index is 0.293. The summed E-state index contributed by atoms with van der Waals surface area (Å²) in [5.41, 5.74) is 6.50. The Bertz CT molecular complexity index is 357. The summed E-state index contributed by atoms with van der Waals surface area (Å²) < 4.78 is 7.59. The Morgan fingerprint density at radius 3 is 2.78 bits per heavy atom. The van der Waals surface area contributed by atoms with Crippen LogP contribution in [0.1, 0.15) is 26.0 Å². The molecule has 6 heteroatoms. The minimum atomic E-state index is 0.293. The van der Waals surface area contributed by atoms with Gasteiger partial charge in [0.2, 0.25) is 0 Å². The fraction of sp³-hybridized carbons (Fsp3) is 0.833. The number of nitrogens with zero attached hydrogens (tertiary/aromatic N) is 4. The number of nitrogens with two attached hydrogens (primary N) is 1. The molecule has 102 valence electrons. The first-order chi connectivity index (χ1) is 8.67. The third-order valence-corrected chi connectivity index (χ3v) is 3.06. The molecule has 2 N–H and O–H groups in total. The highest BCUT2D eigenvalue weighted by Gasteiger charge is 2.22. The summed E-state index contributed by atoms with van der Waals surface area (Å²) in [7, 11) is 0. The number of morpholine rings is 1. The van der Waals surface area contributed by atoms with Crippen molar-refractivity contribution < 1.29 is 4.74 Å². The summed E-state index contributed by atoms with van der Waals surface area (Å²) in [6.45, 7) is 8.52. The van der Waals surface area contributed by atoms with E-state index in [2.05, 4.69) is 29.1 Å². The monoisotopic (exact) mass is 253 g/mol. The lowest BCUT2D eigenvalue weighted by Gasteiger charge is -2.34. The maximum absolute atomic E-state index is 5.72. The molecule has 1 aliphatic heterocycles. The van der Waals surface area contributed by atoms with Crippen LogP contribution in [-0.2, 0) is 17.8 Å². The lowest BCUT2D eigenvalue weighted by molar-refractivity contribution is -0.0707. The van der Waals surface area contributed by atoms with Gasteiger partial charge in [0.15, 0.2) is 0 Å². The Balaban J connectivity index is 1.86. The maximum Gasteiger partial charge on any atom is 0.0967 e. The summed E-state index contributed by atoms with van der Waals surface area (Å²) in [6.07, 6.45) is 3.54. The van der Waals surface area contributed by atoms with E-state index in [4.69, 9.17) is 10.5 Å². The van der Waals surface area contributed by atoms with Crippen molar-refractivity contribution in [1.82, 2.24) is 19.9 Å². The maximum atomic E-state index is 5.72. The Morgan fingerprint density at radius 2 is 2.11 bits per heavy atom. The van der Waals surface area contributed by atoms with Crippen LogP contribution in [0.3, 0.4) is 0 Å². The highest BCUT2D eigenvalue weighted by atomic mass is 16.5. The number of hydrogen-bond donors (Lipinski definition) is 1. The molecule has 1 aliphatic rings. The van der Waals surface area contributed by atoms with Gasteiger partial charge in [-0.05, 0) is 26.8 Å². The first-order valence-corrected chi connectivity index (χ1v) is 6.64. The molecule has 0 saturated carbocycles. The second-order valence-electron chi connectivity index (χ2n) is 5.07. The lowest BCUT2D eigenvalue weighted by atomic mass is 10.2. The molecule has 0 radical (unpaired) electrons. The van der Waals surface area contributed by atoms with Crippen molar-refractivity contribution in [1.29, 1.82) is 0 Å². The lowest BCUT2D eigenvalue weighted by Crippen LogP contribution is -2.44. The van der Waals surface area contributed by atoms with Crippen LogP contribution in [0.5, 0.6) is 0 Å². The molecule has 0 spiro atoms. The van der Waals surface area contributed by atoms with Crippen LogP contribution < -0.4 is 5.73 Å². The van der Waals surface area contributed by atoms with Gasteiger partial charge in [0.1, 0.15) is 0 Å². The van der Waals surface area contributed by atoms with E-state index in [1.807, 2.05) is 10.9 Å². The van der Waals surface area contributed by atoms with Crippen LogP contribution in [0.2, 0.25) is 0 Å². The van der Waals surface area contributed by atoms with Crippen LogP contribution in [0.15, 0.2) is 6.20 Å². The molecular formula is C12H23N5O. The molecule has 0 aliphatic carbocycles. The first-order valence-electron chi connectivity index (χ1n) is 6.64. The van der Waals surface area contributed by atoms with Crippen molar-refractivity contribution in [3.63, 3.8) is 0 Å². The number of hydrogen-bond acceptors (Lipinski definition) is 5. The number of ether oxygens (including phenoxy) is 1. The zero-order valence-corrected chi connectivity index (χ0v) is 11.2. The van der Waals surface area contributed by atoms with Gasteiger partial charge < -0.3 is 10.5 Å². The van der Waals surface area contributed by atoms with E-state index in [1.165, 1.54) is 0 Å². The second-order valence-corrected chi connectivity index (χ2v) is 5.07. The Kier molecular flexibility index (Phi) is 4.68. The minimum Gasteiger partial charge on any atom is -0.373 e. The zero-order chi connectivity index (χ0) is 13.0. The van der Waals surface area contributed by atoms with Crippen molar-refractivity contribution in [3.8, 4) is 0 Å². The van der Waals surface area contributed by atoms with E-state index in [9.17, 15) is 0 Å². The van der Waals surface area contributed by atoms with Gasteiger partial charge in [0, 0.05) is 32.4 Å². The van der Waals surface area contributed by atoms with Crippen molar-refractivity contribution >= 4 is 0 Å². The molecule has 2 rings (SSSR count). The third-order valence-electron chi connectivity index (χ3n) is 3.06. The predicted octanol–water partition coefficient (Wildman–Crippen LogP) is 0.236. The van der Waals surface area contributed by atoms with Gasteiger partial charge in [0.25, 0.3) is 0 Å². The molecule has 1 saturated heterocycles. The van der Waals surface area contributed by atoms with Gasteiger partial charge >= 0.3 is 0 Å². The van der Waals surface area contributed by atoms with Crippen LogP contribution in [-0.4, -0.2) is 51.7 Å². The molecule has 0 aromatic carbocycles. The van der Waals surface area contributed by atoms with Gasteiger partial charge in [-0.1, -0.05) is 5.21 Å². The Morgan fingerprint density at radius 1 is 1.39 bits per heavy atom. The largest absolute Gasteiger partial charge is 0.373 e. The van der Waals surface area contributed by atoms with Gasteiger partial charge in [-0.2, -0.15) is 0 Å². The molecule has 0 bridgehead atoms. The topological polar surface area (TPSA) is 69.2 Å². The van der Waals surface area contributed by atoms with E-state index in [0.717, 1.165) is 38.3 Å². The molecule has 1 fully saturated rings. The van der Waals surface area contributed by atoms with E-state index in [0.29, 0.717) is 18.8 Å². The van der Waals surface area contributed by atoms with Crippen LogP contribution >= 0.6 is 0 Å². The summed E-state index contributed by atoms with van der Waals surface area (Å²) in [6, 6.07) is 0. The van der Waals surface area contributed by atoms with Crippen molar-refractivity contribution in [3.05, 3.63) is 11.9 Å². The van der Waals surface area contributed by atoms with Crippen molar-refractivity contribution in [2.45, 2.75) is 45.6 Å². The van der Waals surface area contributed by atoms with Gasteiger partial charge in [0.05, 0.1) is 17.9 Å². The fourth-order valence-corrected chi connectivity index (χ4v) is 2.42. The van der Waals surface area contributed by atoms with Gasteiger partial charge in [-0.25, -0.2) is 0 Å². The van der Waals surface area contributed by atoms with Crippen LogP contribution in [0, 0.1) is 0 Å². The second kappa shape index (κ2) is 6.26. The fourth-order valence-electron chi connectivity index (χ4n) is 2.42. The first kappa shape index (κ1) is 13.5. The molecule has 2 heterocycles. The predicted molar refractivity (Wildman–Crippen MR) is 69.0 cm³/mol. The summed E-state index contributed by atoms with van der Waals surface area (Å²) in [4.78, 5) is 2.37. The Labute approximate surface area is 108 Å². The van der Waals surface area contributed by atoms with E-state index in [1.54, 1.807) is 0 Å². The van der Waals surface area contributed by atoms with Gasteiger partial charge in [-0.15, -0.1) is 5.10 Å². The SMILES string of the molecule is C[C@@H]1CN(Cc2cn(CCCN)nn2)C[C@H](C)O1. The average molecular weight is 253 g/mol. The molecule has 6 nitrogen and oxygen atoms in total. The molecule has 2 atom stereocenters. The van der Waals surface area contributed by atoms with Crippen molar-refractivity contribution in [2.75, 3.05) is 19.6 Å². The smallest absolute Gasteiger partial charge is 0.0967 e. The van der Waals surface area contributed by atoms with Crippen molar-refractivity contribution in [2.24, 2.45) is 5.73 Å². The third kappa shape index (κ3) is 3.76. The van der Waals surface area contributed by atoms with E-state index in [-0.39, 0.29) is 0 Å². The molecule has 18 heavy (non-hydrogen) atoms. The standard InChI is InChI=1S/C12H23N5O/c1-10-6-16(7-11(2)18-10)8-12-9-17(15-14-12)5-3-4-13/h9-11H,3-8,13H2,1-2H3/t10-,11+. The molecular weight excluding hydrogens is 230 g/mol. The Hall–Kier alpha value is -0.980. The normalized spacial score (nSPS) is 25.5. The van der Waals surface area contributed by atoms with Crippen LogP contribution in [0.25, 0.3) is 0 Å². The molecule has 1 aromatic heterocycles. The molecule has 0 amide bonds. The van der Waals surface area contributed by atoms with Gasteiger partial charge in [-0.3, -0.25) is 9.58 Å². The van der Waals surface area contributed by atoms with Crippen LogP contribution in [0.4, 0.5) is 0 Å². The van der Waals surface area contributed by atoms with E-state index < -0.39 is 0 Å². The molecule has 0 unspecified atom stereocenters. The summed E-state index contributed by atoms with van der Waals surface area (Å²) in [5.74, 6) is 0. The highest BCUT2D eigenvalue weighted by molar-refractivity contribution is 4.93. The highest BCUT2D eigenvalue weighted by Crippen LogP contribution is 2.12. The zero-order valence-electron chi connectivity index (χ0n) is 11.2.